The van der Waals surface area contributed by atoms with Crippen LogP contribution in [0.2, 0.25) is 0 Å². The van der Waals surface area contributed by atoms with E-state index < -0.39 is 5.69 Å². The fraction of sp³-hybridized carbons (Fsp3) is 0.417. The van der Waals surface area contributed by atoms with Crippen LogP contribution in [0.1, 0.15) is 29.8 Å². The van der Waals surface area contributed by atoms with E-state index in [1.54, 1.807) is 28.1 Å². The number of likely N-dealkylation sites (tertiary alicyclic amines) is 1. The van der Waals surface area contributed by atoms with Crippen molar-refractivity contribution < 1.29 is 5.11 Å². The lowest BCUT2D eigenvalue weighted by molar-refractivity contribution is 0.266. The lowest BCUT2D eigenvalue weighted by Crippen LogP contribution is -2.31. The van der Waals surface area contributed by atoms with Gasteiger partial charge in [0.25, 0.3) is 0 Å². The molecule has 0 aromatic carbocycles. The number of thiophene rings is 1. The number of aromatic nitrogens is 5. The molecule has 11 heteroatoms. The zero-order valence-corrected chi connectivity index (χ0v) is 20.5. The van der Waals surface area contributed by atoms with Gasteiger partial charge in [-0.1, -0.05) is 0 Å². The molecule has 1 unspecified atom stereocenters. The van der Waals surface area contributed by atoms with Crippen molar-refractivity contribution in [2.24, 2.45) is 4.99 Å². The first-order valence-corrected chi connectivity index (χ1v) is 12.7. The van der Waals surface area contributed by atoms with Gasteiger partial charge >= 0.3 is 5.69 Å². The fourth-order valence-corrected chi connectivity index (χ4v) is 5.46. The van der Waals surface area contributed by atoms with E-state index in [9.17, 15) is 9.90 Å². The number of H-pyrrole nitrogens is 2. The van der Waals surface area contributed by atoms with Gasteiger partial charge in [-0.2, -0.15) is 9.61 Å². The maximum atomic E-state index is 11.6. The van der Waals surface area contributed by atoms with Gasteiger partial charge in [0.1, 0.15) is 5.69 Å². The number of rotatable bonds is 6. The molecule has 4 aromatic heterocycles. The van der Waals surface area contributed by atoms with Crippen molar-refractivity contribution in [3.05, 3.63) is 55.5 Å². The van der Waals surface area contributed by atoms with Crippen molar-refractivity contribution in [1.82, 2.24) is 34.4 Å². The minimum absolute atomic E-state index is 0.214. The van der Waals surface area contributed by atoms with E-state index in [4.69, 9.17) is 9.98 Å². The van der Waals surface area contributed by atoms with E-state index in [1.807, 2.05) is 6.07 Å². The van der Waals surface area contributed by atoms with E-state index in [0.717, 1.165) is 49.2 Å². The lowest BCUT2D eigenvalue weighted by Gasteiger charge is -2.19. The molecule has 2 fully saturated rings. The van der Waals surface area contributed by atoms with Crippen molar-refractivity contribution in [3.8, 4) is 17.1 Å². The molecule has 182 valence electrons. The second-order valence-corrected chi connectivity index (χ2v) is 10.6. The van der Waals surface area contributed by atoms with Crippen molar-refractivity contribution >= 4 is 23.1 Å². The number of nitrogens with one attached hydrogen (secondary N) is 2. The molecule has 4 aromatic rings. The minimum atomic E-state index is -0.469. The summed E-state index contributed by atoms with van der Waals surface area (Å²) in [5, 5.41) is 17.3. The topological polar surface area (TPSA) is 118 Å². The van der Waals surface area contributed by atoms with Crippen LogP contribution in [0.3, 0.4) is 0 Å². The van der Waals surface area contributed by atoms with Gasteiger partial charge in [-0.25, -0.2) is 9.78 Å². The number of fused-ring (bicyclic) bond motifs is 1. The van der Waals surface area contributed by atoms with E-state index in [2.05, 4.69) is 50.4 Å². The molecule has 1 saturated carbocycles. The molecule has 0 radical (unpaired) electrons. The van der Waals surface area contributed by atoms with Crippen LogP contribution in [0.5, 0.6) is 5.88 Å². The molecule has 0 bridgehead atoms. The summed E-state index contributed by atoms with van der Waals surface area (Å²) in [5.74, 6) is -0.214. The number of aromatic amines is 2. The first kappa shape index (κ1) is 22.2. The standard InChI is InChI=1S/C24H28N8O2S/c1-30(2)17-5-6-31(11-17)12-18-7-15(13-35-18)19-9-21(26-16-3-4-16)32-22(27-19)14(10-25-32)8-20-23(33)29-24(34)28-20/h7-10,13,16-17,33H,3-6,11-12H2,1-2H3,(H2,28,29,34)/b14-8-,26-21?. The number of hydrogen-bond donors (Lipinski definition) is 3. The summed E-state index contributed by atoms with van der Waals surface area (Å²) >= 11 is 1.76. The third kappa shape index (κ3) is 4.54. The quantitative estimate of drug-likeness (QED) is 0.369. The summed E-state index contributed by atoms with van der Waals surface area (Å²) in [5.41, 5.74) is 3.12. The molecular formula is C24H28N8O2S. The predicted octanol–water partition coefficient (Wildman–Crippen LogP) is 0.926. The number of likely N-dealkylation sites (N-methyl/N-ethyl adjacent to an activating group) is 1. The number of imidazole rings is 1. The highest BCUT2D eigenvalue weighted by Crippen LogP contribution is 2.27. The highest BCUT2D eigenvalue weighted by molar-refractivity contribution is 7.10. The maximum absolute atomic E-state index is 11.6. The van der Waals surface area contributed by atoms with Crippen LogP contribution in [0, 0.1) is 0 Å². The monoisotopic (exact) mass is 492 g/mol. The van der Waals surface area contributed by atoms with Gasteiger partial charge in [-0.3, -0.25) is 14.9 Å². The molecule has 1 aliphatic heterocycles. The van der Waals surface area contributed by atoms with Gasteiger partial charge in [0.2, 0.25) is 5.88 Å². The van der Waals surface area contributed by atoms with Crippen molar-refractivity contribution in [3.63, 3.8) is 0 Å². The van der Waals surface area contributed by atoms with Gasteiger partial charge in [0.15, 0.2) is 11.1 Å². The summed E-state index contributed by atoms with van der Waals surface area (Å²) in [6.07, 6.45) is 6.73. The van der Waals surface area contributed by atoms with E-state index in [0.29, 0.717) is 22.9 Å². The van der Waals surface area contributed by atoms with Crippen LogP contribution in [0.15, 0.2) is 33.5 Å². The summed E-state index contributed by atoms with van der Waals surface area (Å²) in [6.45, 7) is 3.16. The van der Waals surface area contributed by atoms with Crippen LogP contribution >= 0.6 is 11.3 Å². The van der Waals surface area contributed by atoms with Crippen molar-refractivity contribution in [2.45, 2.75) is 37.9 Å². The van der Waals surface area contributed by atoms with Gasteiger partial charge in [-0.15, -0.1) is 11.3 Å². The Labute approximate surface area is 205 Å². The Morgan fingerprint density at radius 2 is 2.14 bits per heavy atom. The molecule has 1 atom stereocenters. The molecule has 6 rings (SSSR count). The Balaban J connectivity index is 1.38. The zero-order valence-electron chi connectivity index (χ0n) is 19.7. The van der Waals surface area contributed by atoms with Crippen LogP contribution < -0.4 is 16.4 Å². The van der Waals surface area contributed by atoms with E-state index >= 15 is 0 Å². The lowest BCUT2D eigenvalue weighted by atomic mass is 10.2. The third-order valence-corrected chi connectivity index (χ3v) is 7.61. The highest BCUT2D eigenvalue weighted by Gasteiger charge is 2.24. The molecule has 10 nitrogen and oxygen atoms in total. The van der Waals surface area contributed by atoms with Crippen LogP contribution in [-0.4, -0.2) is 78.7 Å². The summed E-state index contributed by atoms with van der Waals surface area (Å²) < 4.78 is 1.73. The Bertz CT molecular complexity index is 1560. The largest absolute Gasteiger partial charge is 0.493 e. The summed E-state index contributed by atoms with van der Waals surface area (Å²) in [4.78, 5) is 32.4. The fourth-order valence-electron chi connectivity index (χ4n) is 4.54. The molecule has 0 amide bonds. The van der Waals surface area contributed by atoms with Crippen molar-refractivity contribution in [1.29, 1.82) is 0 Å². The average molecular weight is 493 g/mol. The number of nitrogens with zero attached hydrogens (tertiary/aromatic N) is 6. The van der Waals surface area contributed by atoms with Crippen LogP contribution in [0.4, 0.5) is 0 Å². The van der Waals surface area contributed by atoms with Gasteiger partial charge in [0, 0.05) is 52.8 Å². The minimum Gasteiger partial charge on any atom is -0.493 e. The summed E-state index contributed by atoms with van der Waals surface area (Å²) in [6, 6.07) is 5.17. The van der Waals surface area contributed by atoms with Gasteiger partial charge < -0.3 is 15.0 Å². The second-order valence-electron chi connectivity index (χ2n) is 9.62. The van der Waals surface area contributed by atoms with E-state index in [-0.39, 0.29) is 11.6 Å². The normalized spacial score (nSPS) is 20.1. The highest BCUT2D eigenvalue weighted by atomic mass is 32.1. The molecule has 5 heterocycles. The Hall–Kier alpha value is -3.28. The SMILES string of the molecule is CN(C)C1CCN(Cc2cc(-c3cc(=NC4CC4)n4nc/c(=C/c5[nH]c(=O)[nH]c5O)c4n3)cs2)C1. The molecule has 1 saturated heterocycles. The first-order chi connectivity index (χ1) is 16.9. The molecular weight excluding hydrogens is 464 g/mol. The molecule has 35 heavy (non-hydrogen) atoms. The Kier molecular flexibility index (Phi) is 5.54. The molecule has 1 aliphatic carbocycles. The maximum Gasteiger partial charge on any atom is 0.326 e. The Morgan fingerprint density at radius 1 is 1.29 bits per heavy atom. The third-order valence-electron chi connectivity index (χ3n) is 6.68. The molecule has 2 aliphatic rings. The first-order valence-electron chi connectivity index (χ1n) is 11.8. The van der Waals surface area contributed by atoms with Gasteiger partial charge in [-0.05, 0) is 45.5 Å². The van der Waals surface area contributed by atoms with Crippen LogP contribution in [-0.2, 0) is 6.54 Å². The smallest absolute Gasteiger partial charge is 0.326 e. The van der Waals surface area contributed by atoms with Crippen LogP contribution in [0.25, 0.3) is 23.0 Å². The molecule has 0 spiro atoms. The second kappa shape index (κ2) is 8.74. The summed E-state index contributed by atoms with van der Waals surface area (Å²) in [7, 11) is 4.31. The van der Waals surface area contributed by atoms with Gasteiger partial charge in [0.05, 0.1) is 17.9 Å². The van der Waals surface area contributed by atoms with Crippen molar-refractivity contribution in [2.75, 3.05) is 27.2 Å². The number of hydrogen-bond acceptors (Lipinski definition) is 8. The predicted molar refractivity (Wildman–Crippen MR) is 134 cm³/mol. The average Bonchev–Trinajstić information content (AvgIpc) is 3.18. The Morgan fingerprint density at radius 3 is 2.86 bits per heavy atom. The zero-order chi connectivity index (χ0) is 24.1. The van der Waals surface area contributed by atoms with E-state index in [1.165, 1.54) is 11.3 Å². The number of aromatic hydroxyl groups is 1. The molecule has 3 N–H and O–H groups in total.